The number of carboxylic acid groups (broad SMARTS) is 2. The highest BCUT2D eigenvalue weighted by atomic mass is 31.2. The molecule has 0 fully saturated rings. The molecule has 9 heteroatoms. The summed E-state index contributed by atoms with van der Waals surface area (Å²) in [5, 5.41) is 14.8. The first-order valence-electron chi connectivity index (χ1n) is 7.00. The predicted octanol–water partition coefficient (Wildman–Crippen LogP) is 2.52. The molecule has 22 heavy (non-hydrogen) atoms. The number of hydrogen-bond donors (Lipinski definition) is 3. The molecule has 0 aliphatic rings. The van der Waals surface area contributed by atoms with E-state index in [-0.39, 0.29) is 12.2 Å². The quantitative estimate of drug-likeness (QED) is 0.474. The lowest BCUT2D eigenvalue weighted by Crippen LogP contribution is -2.27. The molecule has 0 aromatic heterocycles. The molecule has 0 aromatic rings. The molecule has 0 radical (unpaired) electrons. The fourth-order valence-electron chi connectivity index (χ4n) is 1.38. The van der Waals surface area contributed by atoms with Crippen molar-refractivity contribution in [3.8, 4) is 0 Å². The summed E-state index contributed by atoms with van der Waals surface area (Å²) in [7, 11) is -3.20. The molecule has 132 valence electrons. The molecule has 0 aliphatic heterocycles. The van der Waals surface area contributed by atoms with Crippen LogP contribution in [0.3, 0.4) is 0 Å². The second kappa shape index (κ2) is 10.7. The number of carboxylic acids is 2. The fraction of sp³-hybridized carbons (Fsp3) is 0.846. The summed E-state index contributed by atoms with van der Waals surface area (Å²) in [4.78, 5) is 18.2. The van der Waals surface area contributed by atoms with Crippen molar-refractivity contribution in [2.24, 2.45) is 11.7 Å². The van der Waals surface area contributed by atoms with Crippen LogP contribution in [0.2, 0.25) is 0 Å². The van der Waals surface area contributed by atoms with Crippen molar-refractivity contribution in [3.05, 3.63) is 0 Å². The van der Waals surface area contributed by atoms with Crippen molar-refractivity contribution >= 4 is 19.5 Å². The van der Waals surface area contributed by atoms with Gasteiger partial charge < -0.3 is 25.0 Å². The summed E-state index contributed by atoms with van der Waals surface area (Å²) in [6.45, 7) is 11.4. The van der Waals surface area contributed by atoms with Gasteiger partial charge in [-0.15, -0.1) is 0 Å². The average molecular weight is 341 g/mol. The van der Waals surface area contributed by atoms with E-state index in [0.717, 1.165) is 0 Å². The Morgan fingerprint density at radius 3 is 1.45 bits per heavy atom. The minimum Gasteiger partial charge on any atom is -0.473 e. The Morgan fingerprint density at radius 2 is 1.27 bits per heavy atom. The van der Waals surface area contributed by atoms with Gasteiger partial charge in [-0.3, -0.25) is 4.57 Å². The van der Waals surface area contributed by atoms with Crippen LogP contribution in [0.25, 0.3) is 0 Å². The fourth-order valence-corrected chi connectivity index (χ4v) is 3.60. The minimum absolute atomic E-state index is 0.150. The molecule has 8 nitrogen and oxygen atoms in total. The maximum absolute atomic E-state index is 12.5. The summed E-state index contributed by atoms with van der Waals surface area (Å²) in [6.07, 6.45) is 0.335. The van der Waals surface area contributed by atoms with Gasteiger partial charge in [0.15, 0.2) is 0 Å². The monoisotopic (exact) mass is 341 g/mol. The molecule has 1 unspecified atom stereocenters. The standard InChI is InChI=1S/C11H26NO3P.C2H2O4/c1-8(2)7-11(12)16(13,14-9(3)4)15-10(5)6;3-1(4)2(5)6/h8-11H,7,12H2,1-6H3;(H,3,4)(H,5,6). The van der Waals surface area contributed by atoms with E-state index in [2.05, 4.69) is 0 Å². The highest BCUT2D eigenvalue weighted by Crippen LogP contribution is 2.54. The molecule has 0 saturated carbocycles. The first kappa shape index (κ1) is 23.3. The lowest BCUT2D eigenvalue weighted by Gasteiger charge is -2.28. The largest absolute Gasteiger partial charge is 0.473 e. The van der Waals surface area contributed by atoms with Crippen LogP contribution in [-0.4, -0.2) is 40.1 Å². The van der Waals surface area contributed by atoms with Crippen LogP contribution in [0.15, 0.2) is 0 Å². The third kappa shape index (κ3) is 11.7. The number of aliphatic carboxylic acids is 2. The van der Waals surface area contributed by atoms with Crippen LogP contribution in [-0.2, 0) is 23.2 Å². The van der Waals surface area contributed by atoms with E-state index in [0.29, 0.717) is 12.3 Å². The Kier molecular flexibility index (Phi) is 11.4. The smallest absolute Gasteiger partial charge is 0.414 e. The summed E-state index contributed by atoms with van der Waals surface area (Å²) in [5.74, 6) is -3.82. The van der Waals surface area contributed by atoms with E-state index in [4.69, 9.17) is 34.6 Å². The molecule has 0 heterocycles. The first-order chi connectivity index (χ1) is 9.81. The molecular formula is C13H28NO7P. The van der Waals surface area contributed by atoms with Gasteiger partial charge in [0, 0.05) is 0 Å². The van der Waals surface area contributed by atoms with Gasteiger partial charge in [-0.2, -0.15) is 0 Å². The van der Waals surface area contributed by atoms with Crippen molar-refractivity contribution < 1.29 is 33.4 Å². The zero-order chi connectivity index (χ0) is 18.1. The van der Waals surface area contributed by atoms with Crippen molar-refractivity contribution in [2.45, 2.75) is 66.0 Å². The minimum atomic E-state index is -3.20. The predicted molar refractivity (Wildman–Crippen MR) is 82.8 cm³/mol. The van der Waals surface area contributed by atoms with Crippen LogP contribution < -0.4 is 5.73 Å². The van der Waals surface area contributed by atoms with E-state index < -0.39 is 25.3 Å². The summed E-state index contributed by atoms with van der Waals surface area (Å²) >= 11 is 0. The molecule has 0 amide bonds. The van der Waals surface area contributed by atoms with Crippen molar-refractivity contribution in [2.75, 3.05) is 0 Å². The third-order valence-electron chi connectivity index (χ3n) is 2.02. The topological polar surface area (TPSA) is 136 Å². The lowest BCUT2D eigenvalue weighted by molar-refractivity contribution is -0.159. The number of carbonyl (C=O) groups is 2. The first-order valence-corrected chi connectivity index (χ1v) is 8.61. The van der Waals surface area contributed by atoms with Gasteiger partial charge >= 0.3 is 19.5 Å². The highest BCUT2D eigenvalue weighted by Gasteiger charge is 2.35. The molecule has 0 bridgehead atoms. The molecule has 0 saturated heterocycles. The van der Waals surface area contributed by atoms with Gasteiger partial charge in [-0.25, -0.2) is 9.59 Å². The second-order valence-corrected chi connectivity index (χ2v) is 7.82. The van der Waals surface area contributed by atoms with E-state index >= 15 is 0 Å². The second-order valence-electron chi connectivity index (χ2n) is 5.66. The highest BCUT2D eigenvalue weighted by molar-refractivity contribution is 7.54. The normalized spacial score (nSPS) is 13.0. The molecule has 0 rings (SSSR count). The van der Waals surface area contributed by atoms with Crippen molar-refractivity contribution in [1.29, 1.82) is 0 Å². The Hall–Kier alpha value is -0.950. The summed E-state index contributed by atoms with van der Waals surface area (Å²) < 4.78 is 23.3. The average Bonchev–Trinajstić information content (AvgIpc) is 2.25. The van der Waals surface area contributed by atoms with E-state index in [1.54, 1.807) is 0 Å². The molecule has 4 N–H and O–H groups in total. The van der Waals surface area contributed by atoms with E-state index in [1.165, 1.54) is 0 Å². The van der Waals surface area contributed by atoms with Crippen LogP contribution in [0.5, 0.6) is 0 Å². The Bertz CT molecular complexity index is 370. The number of hydrogen-bond acceptors (Lipinski definition) is 6. The number of nitrogens with two attached hydrogens (primary N) is 1. The van der Waals surface area contributed by atoms with Crippen LogP contribution in [0.1, 0.15) is 48.0 Å². The Labute approximate surface area is 131 Å². The zero-order valence-corrected chi connectivity index (χ0v) is 14.9. The van der Waals surface area contributed by atoms with Gasteiger partial charge in [0.1, 0.15) is 5.78 Å². The third-order valence-corrected chi connectivity index (χ3v) is 4.47. The van der Waals surface area contributed by atoms with E-state index in [1.807, 2.05) is 41.5 Å². The Balaban J connectivity index is 0. The van der Waals surface area contributed by atoms with E-state index in [9.17, 15) is 4.57 Å². The summed E-state index contributed by atoms with van der Waals surface area (Å²) in [6, 6.07) is 0. The van der Waals surface area contributed by atoms with Gasteiger partial charge in [0.05, 0.1) is 12.2 Å². The molecule has 0 aromatic carbocycles. The molecule has 0 spiro atoms. The molecule has 1 atom stereocenters. The SMILES string of the molecule is CC(C)CC(N)P(=O)(OC(C)C)OC(C)C.O=C(O)C(=O)O. The maximum atomic E-state index is 12.5. The van der Waals surface area contributed by atoms with Gasteiger partial charge in [-0.05, 0) is 40.0 Å². The zero-order valence-electron chi connectivity index (χ0n) is 14.0. The molecule has 0 aliphatic carbocycles. The van der Waals surface area contributed by atoms with Crippen molar-refractivity contribution in [3.63, 3.8) is 0 Å². The maximum Gasteiger partial charge on any atom is 0.414 e. The van der Waals surface area contributed by atoms with Crippen molar-refractivity contribution in [1.82, 2.24) is 0 Å². The Morgan fingerprint density at radius 1 is 0.955 bits per heavy atom. The molecular weight excluding hydrogens is 313 g/mol. The van der Waals surface area contributed by atoms with Crippen LogP contribution in [0.4, 0.5) is 0 Å². The van der Waals surface area contributed by atoms with Gasteiger partial charge in [0.25, 0.3) is 0 Å². The number of rotatable bonds is 7. The van der Waals surface area contributed by atoms with Gasteiger partial charge in [-0.1, -0.05) is 13.8 Å². The van der Waals surface area contributed by atoms with Crippen LogP contribution in [0, 0.1) is 5.92 Å². The summed E-state index contributed by atoms with van der Waals surface area (Å²) in [5.41, 5.74) is 5.94. The lowest BCUT2D eigenvalue weighted by atomic mass is 10.1. The van der Waals surface area contributed by atoms with Crippen LogP contribution >= 0.6 is 7.60 Å². The van der Waals surface area contributed by atoms with Gasteiger partial charge in [0.2, 0.25) is 0 Å².